The van der Waals surface area contributed by atoms with Crippen LogP contribution >= 0.6 is 27.7 Å². The molecule has 1 aliphatic rings. The molecule has 0 aromatic heterocycles. The molecular formula is C11H12BrFN2OS. The summed E-state index contributed by atoms with van der Waals surface area (Å²) in [6, 6.07) is 4.47. The summed E-state index contributed by atoms with van der Waals surface area (Å²) in [6.07, 6.45) is 0. The average molecular weight is 319 g/mol. The van der Waals surface area contributed by atoms with Crippen molar-refractivity contribution in [2.24, 2.45) is 0 Å². The Hall–Kier alpha value is -0.590. The monoisotopic (exact) mass is 318 g/mol. The first-order chi connectivity index (χ1) is 8.15. The van der Waals surface area contributed by atoms with Gasteiger partial charge < -0.3 is 5.32 Å². The molecule has 6 heteroatoms. The van der Waals surface area contributed by atoms with Crippen LogP contribution in [-0.2, 0) is 11.3 Å². The van der Waals surface area contributed by atoms with Gasteiger partial charge in [-0.2, -0.15) is 0 Å². The molecule has 0 bridgehead atoms. The van der Waals surface area contributed by atoms with Crippen LogP contribution in [0, 0.1) is 5.82 Å². The third kappa shape index (κ3) is 3.69. The lowest BCUT2D eigenvalue weighted by atomic mass is 10.2. The second-order valence-electron chi connectivity index (χ2n) is 3.77. The Kier molecular flexibility index (Phi) is 4.42. The van der Waals surface area contributed by atoms with Crippen molar-refractivity contribution < 1.29 is 9.18 Å². The molecule has 1 aliphatic heterocycles. The highest BCUT2D eigenvalue weighted by atomic mass is 79.9. The van der Waals surface area contributed by atoms with E-state index in [0.29, 0.717) is 11.0 Å². The Morgan fingerprint density at radius 2 is 2.41 bits per heavy atom. The highest BCUT2D eigenvalue weighted by molar-refractivity contribution is 9.10. The van der Waals surface area contributed by atoms with Gasteiger partial charge >= 0.3 is 0 Å². The number of rotatable bonds is 3. The van der Waals surface area contributed by atoms with E-state index < -0.39 is 0 Å². The number of hydrogen-bond acceptors (Lipinski definition) is 3. The van der Waals surface area contributed by atoms with E-state index in [1.165, 1.54) is 12.1 Å². The average Bonchev–Trinajstić information content (AvgIpc) is 2.78. The van der Waals surface area contributed by atoms with Crippen LogP contribution in [0.4, 0.5) is 4.39 Å². The standard InChI is InChI=1S/C11H12BrFN2OS/c12-8-1-7(2-9(13)3-8)4-14-11(16)10-5-17-6-15-10/h1-3,10,15H,4-6H2,(H,14,16)/t10-/m1/s1. The van der Waals surface area contributed by atoms with Crippen LogP contribution in [0.15, 0.2) is 22.7 Å². The number of thioether (sulfide) groups is 1. The second kappa shape index (κ2) is 5.84. The molecule has 92 valence electrons. The maximum Gasteiger partial charge on any atom is 0.238 e. The summed E-state index contributed by atoms with van der Waals surface area (Å²) in [5.41, 5.74) is 0.746. The van der Waals surface area contributed by atoms with Gasteiger partial charge in [-0.1, -0.05) is 15.9 Å². The number of carbonyl (C=O) groups excluding carboxylic acids is 1. The highest BCUT2D eigenvalue weighted by Crippen LogP contribution is 2.15. The second-order valence-corrected chi connectivity index (χ2v) is 5.71. The number of halogens is 2. The molecule has 17 heavy (non-hydrogen) atoms. The first-order valence-electron chi connectivity index (χ1n) is 5.19. The number of amides is 1. The van der Waals surface area contributed by atoms with E-state index in [0.717, 1.165) is 17.2 Å². The van der Waals surface area contributed by atoms with Crippen molar-refractivity contribution >= 4 is 33.6 Å². The molecular weight excluding hydrogens is 307 g/mol. The zero-order valence-electron chi connectivity index (χ0n) is 9.00. The maximum atomic E-state index is 13.1. The van der Waals surface area contributed by atoms with E-state index in [1.807, 2.05) is 0 Å². The summed E-state index contributed by atoms with van der Waals surface area (Å²) >= 11 is 4.92. The van der Waals surface area contributed by atoms with Gasteiger partial charge in [0.2, 0.25) is 5.91 Å². The van der Waals surface area contributed by atoms with Gasteiger partial charge in [-0.3, -0.25) is 10.1 Å². The van der Waals surface area contributed by atoms with Gasteiger partial charge in [0, 0.05) is 22.6 Å². The number of benzene rings is 1. The highest BCUT2D eigenvalue weighted by Gasteiger charge is 2.21. The third-order valence-electron chi connectivity index (χ3n) is 2.42. The smallest absolute Gasteiger partial charge is 0.238 e. The van der Waals surface area contributed by atoms with Crippen LogP contribution in [-0.4, -0.2) is 23.6 Å². The minimum atomic E-state index is -0.307. The predicted octanol–water partition coefficient (Wildman–Crippen LogP) is 1.87. The summed E-state index contributed by atoms with van der Waals surface area (Å²) in [4.78, 5) is 11.7. The summed E-state index contributed by atoms with van der Waals surface area (Å²) in [5.74, 6) is 1.26. The van der Waals surface area contributed by atoms with Gasteiger partial charge in [-0.05, 0) is 23.8 Å². The summed E-state index contributed by atoms with van der Waals surface area (Å²) < 4.78 is 13.8. The van der Waals surface area contributed by atoms with Crippen molar-refractivity contribution in [2.45, 2.75) is 12.6 Å². The van der Waals surface area contributed by atoms with Gasteiger partial charge in [0.15, 0.2) is 0 Å². The molecule has 1 heterocycles. The summed E-state index contributed by atoms with van der Waals surface area (Å²) in [5, 5.41) is 5.88. The van der Waals surface area contributed by atoms with Crippen molar-refractivity contribution in [3.8, 4) is 0 Å². The quantitative estimate of drug-likeness (QED) is 0.894. The Morgan fingerprint density at radius 1 is 1.59 bits per heavy atom. The molecule has 0 aliphatic carbocycles. The van der Waals surface area contributed by atoms with E-state index in [-0.39, 0.29) is 17.8 Å². The Balaban J connectivity index is 1.90. The van der Waals surface area contributed by atoms with Crippen LogP contribution in [0.5, 0.6) is 0 Å². The molecule has 1 fully saturated rings. The van der Waals surface area contributed by atoms with Gasteiger partial charge in [0.05, 0.1) is 6.04 Å². The SMILES string of the molecule is O=C(NCc1cc(F)cc(Br)c1)[C@H]1CSCN1. The van der Waals surface area contributed by atoms with Crippen LogP contribution in [0.25, 0.3) is 0 Å². The summed E-state index contributed by atoms with van der Waals surface area (Å²) in [7, 11) is 0. The Labute approximate surface area is 112 Å². The third-order valence-corrected chi connectivity index (χ3v) is 3.82. The summed E-state index contributed by atoms with van der Waals surface area (Å²) in [6.45, 7) is 0.345. The normalized spacial score (nSPS) is 19.3. The van der Waals surface area contributed by atoms with E-state index in [2.05, 4.69) is 26.6 Å². The van der Waals surface area contributed by atoms with Crippen LogP contribution in [0.3, 0.4) is 0 Å². The van der Waals surface area contributed by atoms with Gasteiger partial charge in [0.1, 0.15) is 5.82 Å². The molecule has 2 rings (SSSR count). The van der Waals surface area contributed by atoms with Gasteiger partial charge in [-0.25, -0.2) is 4.39 Å². The number of carbonyl (C=O) groups is 1. The lowest BCUT2D eigenvalue weighted by Crippen LogP contribution is -2.41. The Bertz CT molecular complexity index is 404. The fourth-order valence-electron chi connectivity index (χ4n) is 1.59. The molecule has 1 amide bonds. The molecule has 0 spiro atoms. The molecule has 1 atom stereocenters. The van der Waals surface area contributed by atoms with Crippen molar-refractivity contribution in [3.63, 3.8) is 0 Å². The van der Waals surface area contributed by atoms with Crippen molar-refractivity contribution in [3.05, 3.63) is 34.1 Å². The topological polar surface area (TPSA) is 41.1 Å². The molecule has 0 radical (unpaired) electrons. The largest absolute Gasteiger partial charge is 0.351 e. The molecule has 1 aromatic carbocycles. The predicted molar refractivity (Wildman–Crippen MR) is 70.2 cm³/mol. The van der Waals surface area contributed by atoms with E-state index in [9.17, 15) is 9.18 Å². The van der Waals surface area contributed by atoms with Crippen molar-refractivity contribution in [1.82, 2.24) is 10.6 Å². The lowest BCUT2D eigenvalue weighted by molar-refractivity contribution is -0.122. The zero-order valence-corrected chi connectivity index (χ0v) is 11.4. The van der Waals surface area contributed by atoms with Gasteiger partial charge in [-0.15, -0.1) is 11.8 Å². The van der Waals surface area contributed by atoms with E-state index in [1.54, 1.807) is 17.8 Å². The van der Waals surface area contributed by atoms with Crippen LogP contribution < -0.4 is 10.6 Å². The zero-order chi connectivity index (χ0) is 12.3. The molecule has 2 N–H and O–H groups in total. The van der Waals surface area contributed by atoms with E-state index >= 15 is 0 Å². The van der Waals surface area contributed by atoms with E-state index in [4.69, 9.17) is 0 Å². The molecule has 0 saturated carbocycles. The number of hydrogen-bond donors (Lipinski definition) is 2. The first kappa shape index (κ1) is 12.9. The minimum Gasteiger partial charge on any atom is -0.351 e. The maximum absolute atomic E-state index is 13.1. The van der Waals surface area contributed by atoms with Crippen molar-refractivity contribution in [2.75, 3.05) is 11.6 Å². The molecule has 3 nitrogen and oxygen atoms in total. The minimum absolute atomic E-state index is 0.0321. The number of nitrogens with one attached hydrogen (secondary N) is 2. The molecule has 1 aromatic rings. The first-order valence-corrected chi connectivity index (χ1v) is 7.14. The van der Waals surface area contributed by atoms with Crippen LogP contribution in [0.2, 0.25) is 0 Å². The van der Waals surface area contributed by atoms with Gasteiger partial charge in [0.25, 0.3) is 0 Å². The van der Waals surface area contributed by atoms with Crippen LogP contribution in [0.1, 0.15) is 5.56 Å². The van der Waals surface area contributed by atoms with Crippen molar-refractivity contribution in [1.29, 1.82) is 0 Å². The fraction of sp³-hybridized carbons (Fsp3) is 0.364. The molecule has 1 saturated heterocycles. The molecule has 0 unspecified atom stereocenters. The Morgan fingerprint density at radius 3 is 3.06 bits per heavy atom. The fourth-order valence-corrected chi connectivity index (χ4v) is 3.04. The lowest BCUT2D eigenvalue weighted by Gasteiger charge is -2.10.